The fraction of sp³-hybridized carbons (Fsp3) is 0.615. The third-order valence-electron chi connectivity index (χ3n) is 3.37. The van der Waals surface area contributed by atoms with Crippen LogP contribution >= 0.6 is 11.6 Å². The lowest BCUT2D eigenvalue weighted by molar-refractivity contribution is 0.166. The predicted octanol–water partition coefficient (Wildman–Crippen LogP) is 2.31. The van der Waals surface area contributed by atoms with Gasteiger partial charge >= 0.3 is 0 Å². The lowest BCUT2D eigenvalue weighted by Gasteiger charge is -2.33. The van der Waals surface area contributed by atoms with Gasteiger partial charge in [-0.05, 0) is 43.6 Å². The zero-order chi connectivity index (χ0) is 12.1. The van der Waals surface area contributed by atoms with E-state index in [0.29, 0.717) is 11.2 Å². The number of hydrogen-bond acceptors (Lipinski definition) is 3. The predicted molar refractivity (Wildman–Crippen MR) is 71.2 cm³/mol. The van der Waals surface area contributed by atoms with E-state index in [1.165, 1.54) is 18.4 Å². The molecular weight excluding hydrogens is 234 g/mol. The second-order valence-electron chi connectivity index (χ2n) is 4.55. The molecule has 17 heavy (non-hydrogen) atoms. The molecule has 1 aliphatic rings. The lowest BCUT2D eigenvalue weighted by atomic mass is 10.1. The van der Waals surface area contributed by atoms with Crippen molar-refractivity contribution in [2.45, 2.75) is 32.4 Å². The van der Waals surface area contributed by atoms with Gasteiger partial charge in [0.05, 0.1) is 0 Å². The summed E-state index contributed by atoms with van der Waals surface area (Å²) in [5, 5.41) is 4.05. The van der Waals surface area contributed by atoms with Crippen LogP contribution in [0, 0.1) is 0 Å². The van der Waals surface area contributed by atoms with Gasteiger partial charge in [-0.25, -0.2) is 4.98 Å². The molecule has 0 aromatic carbocycles. The highest BCUT2D eigenvalue weighted by Gasteiger charge is 2.19. The summed E-state index contributed by atoms with van der Waals surface area (Å²) < 4.78 is 0. The summed E-state index contributed by atoms with van der Waals surface area (Å²) in [6.07, 6.45) is 4.35. The first-order chi connectivity index (χ1) is 8.29. The average Bonchev–Trinajstić information content (AvgIpc) is 2.37. The maximum atomic E-state index is 5.92. The number of aromatic nitrogens is 1. The SMILES string of the molecule is CCN(Cc1ccnc(Cl)c1)C1CCCNC1. The molecule has 1 saturated heterocycles. The summed E-state index contributed by atoms with van der Waals surface area (Å²) in [5.41, 5.74) is 1.25. The molecule has 1 fully saturated rings. The van der Waals surface area contributed by atoms with E-state index in [0.717, 1.165) is 26.2 Å². The first-order valence-electron chi connectivity index (χ1n) is 6.35. The van der Waals surface area contributed by atoms with Crippen molar-refractivity contribution >= 4 is 11.6 Å². The zero-order valence-electron chi connectivity index (χ0n) is 10.3. The molecule has 0 bridgehead atoms. The Bertz CT molecular complexity index is 350. The highest BCUT2D eigenvalue weighted by atomic mass is 35.5. The third-order valence-corrected chi connectivity index (χ3v) is 3.58. The number of nitrogens with zero attached hydrogens (tertiary/aromatic N) is 2. The van der Waals surface area contributed by atoms with Gasteiger partial charge in [-0.1, -0.05) is 18.5 Å². The van der Waals surface area contributed by atoms with E-state index in [1.807, 2.05) is 12.1 Å². The topological polar surface area (TPSA) is 28.2 Å². The Kier molecular flexibility index (Phi) is 4.77. The van der Waals surface area contributed by atoms with Gasteiger partial charge in [0.25, 0.3) is 0 Å². The van der Waals surface area contributed by atoms with Gasteiger partial charge in [-0.3, -0.25) is 4.90 Å². The quantitative estimate of drug-likeness (QED) is 0.835. The molecule has 1 N–H and O–H groups in total. The van der Waals surface area contributed by atoms with Gasteiger partial charge in [0.1, 0.15) is 5.15 Å². The van der Waals surface area contributed by atoms with Crippen LogP contribution in [0.25, 0.3) is 0 Å². The monoisotopic (exact) mass is 253 g/mol. The van der Waals surface area contributed by atoms with E-state index in [4.69, 9.17) is 11.6 Å². The van der Waals surface area contributed by atoms with Gasteiger partial charge in [0, 0.05) is 25.3 Å². The Morgan fingerprint density at radius 3 is 3.12 bits per heavy atom. The van der Waals surface area contributed by atoms with Crippen LogP contribution in [0.15, 0.2) is 18.3 Å². The van der Waals surface area contributed by atoms with Crippen LogP contribution in [-0.4, -0.2) is 35.6 Å². The largest absolute Gasteiger partial charge is 0.315 e. The fourth-order valence-electron chi connectivity index (χ4n) is 2.42. The van der Waals surface area contributed by atoms with Gasteiger partial charge in [-0.15, -0.1) is 0 Å². The molecular formula is C13H20ClN3. The highest BCUT2D eigenvalue weighted by molar-refractivity contribution is 6.29. The van der Waals surface area contributed by atoms with Crippen LogP contribution in [0.2, 0.25) is 5.15 Å². The molecule has 94 valence electrons. The first kappa shape index (κ1) is 12.8. The summed E-state index contributed by atoms with van der Waals surface area (Å²) in [6, 6.07) is 4.66. The van der Waals surface area contributed by atoms with E-state index in [9.17, 15) is 0 Å². The third kappa shape index (κ3) is 3.66. The van der Waals surface area contributed by atoms with Crippen molar-refractivity contribution in [1.82, 2.24) is 15.2 Å². The molecule has 2 rings (SSSR count). The summed E-state index contributed by atoms with van der Waals surface area (Å²) in [6.45, 7) is 6.52. The number of nitrogens with one attached hydrogen (secondary N) is 1. The Labute approximate surface area is 108 Å². The maximum Gasteiger partial charge on any atom is 0.129 e. The highest BCUT2D eigenvalue weighted by Crippen LogP contribution is 2.15. The maximum absolute atomic E-state index is 5.92. The molecule has 0 spiro atoms. The summed E-state index contributed by atoms with van der Waals surface area (Å²) in [7, 11) is 0. The molecule has 3 nitrogen and oxygen atoms in total. The molecule has 1 atom stereocenters. The summed E-state index contributed by atoms with van der Waals surface area (Å²) >= 11 is 5.92. The number of piperidine rings is 1. The number of pyridine rings is 1. The minimum atomic E-state index is 0.584. The van der Waals surface area contributed by atoms with E-state index in [2.05, 4.69) is 22.1 Å². The Morgan fingerprint density at radius 2 is 2.47 bits per heavy atom. The van der Waals surface area contributed by atoms with E-state index < -0.39 is 0 Å². The van der Waals surface area contributed by atoms with Crippen molar-refractivity contribution < 1.29 is 0 Å². The Morgan fingerprint density at radius 1 is 1.59 bits per heavy atom. The van der Waals surface area contributed by atoms with Crippen molar-refractivity contribution in [3.05, 3.63) is 29.0 Å². The summed E-state index contributed by atoms with van der Waals surface area (Å²) in [4.78, 5) is 6.53. The molecule has 1 aliphatic heterocycles. The van der Waals surface area contributed by atoms with Crippen LogP contribution < -0.4 is 5.32 Å². The van der Waals surface area contributed by atoms with Crippen molar-refractivity contribution in [2.24, 2.45) is 0 Å². The van der Waals surface area contributed by atoms with Crippen molar-refractivity contribution in [2.75, 3.05) is 19.6 Å². The van der Waals surface area contributed by atoms with Crippen LogP contribution in [-0.2, 0) is 6.54 Å². The molecule has 0 saturated carbocycles. The standard InChI is InChI=1S/C13H20ClN3/c1-2-17(12-4-3-6-15-9-12)10-11-5-7-16-13(14)8-11/h5,7-8,12,15H,2-4,6,9-10H2,1H3. The first-order valence-corrected chi connectivity index (χ1v) is 6.72. The second-order valence-corrected chi connectivity index (χ2v) is 4.94. The lowest BCUT2D eigenvalue weighted by Crippen LogP contribution is -2.45. The molecule has 1 aromatic heterocycles. The molecule has 0 radical (unpaired) electrons. The van der Waals surface area contributed by atoms with Gasteiger partial charge in [0.15, 0.2) is 0 Å². The van der Waals surface area contributed by atoms with Crippen LogP contribution in [0.3, 0.4) is 0 Å². The number of halogens is 1. The van der Waals surface area contributed by atoms with E-state index >= 15 is 0 Å². The van der Waals surface area contributed by atoms with Crippen molar-refractivity contribution in [1.29, 1.82) is 0 Å². The Balaban J connectivity index is 1.98. The van der Waals surface area contributed by atoms with Crippen molar-refractivity contribution in [3.8, 4) is 0 Å². The van der Waals surface area contributed by atoms with Crippen LogP contribution in [0.4, 0.5) is 0 Å². The van der Waals surface area contributed by atoms with Crippen LogP contribution in [0.5, 0.6) is 0 Å². The smallest absolute Gasteiger partial charge is 0.129 e. The molecule has 0 amide bonds. The number of hydrogen-bond donors (Lipinski definition) is 1. The normalized spacial score (nSPS) is 20.8. The van der Waals surface area contributed by atoms with E-state index in [-0.39, 0.29) is 0 Å². The van der Waals surface area contributed by atoms with Gasteiger partial charge < -0.3 is 5.32 Å². The fourth-order valence-corrected chi connectivity index (χ4v) is 2.62. The summed E-state index contributed by atoms with van der Waals surface area (Å²) in [5.74, 6) is 0. The van der Waals surface area contributed by atoms with Crippen LogP contribution in [0.1, 0.15) is 25.3 Å². The minimum absolute atomic E-state index is 0.584. The Hall–Kier alpha value is -0.640. The number of rotatable bonds is 4. The van der Waals surface area contributed by atoms with E-state index in [1.54, 1.807) is 6.20 Å². The molecule has 1 aromatic rings. The zero-order valence-corrected chi connectivity index (χ0v) is 11.1. The second kappa shape index (κ2) is 6.34. The minimum Gasteiger partial charge on any atom is -0.315 e. The average molecular weight is 254 g/mol. The van der Waals surface area contributed by atoms with Crippen molar-refractivity contribution in [3.63, 3.8) is 0 Å². The molecule has 0 aliphatic carbocycles. The van der Waals surface area contributed by atoms with Gasteiger partial charge in [0.2, 0.25) is 0 Å². The molecule has 4 heteroatoms. The number of likely N-dealkylation sites (N-methyl/N-ethyl adjacent to an activating group) is 1. The molecule has 2 heterocycles. The van der Waals surface area contributed by atoms with Gasteiger partial charge in [-0.2, -0.15) is 0 Å². The molecule has 1 unspecified atom stereocenters.